The zero-order valence-corrected chi connectivity index (χ0v) is 24.9. The number of carbonyl (C=O) groups is 3. The fraction of sp³-hybridized carbons (Fsp3) is 0.654. The molecule has 3 amide bonds. The Kier molecular flexibility index (Phi) is 11.3. The molecule has 3 heterocycles. The monoisotopic (exact) mass is 647 g/mol. The fourth-order valence-corrected chi connectivity index (χ4v) is 5.50. The van der Waals surface area contributed by atoms with Gasteiger partial charge in [-0.25, -0.2) is 0 Å². The third-order valence-electron chi connectivity index (χ3n) is 7.07. The molecule has 44 heavy (non-hydrogen) atoms. The van der Waals surface area contributed by atoms with Crippen molar-refractivity contribution in [2.75, 3.05) is 26.1 Å². The first-order valence-corrected chi connectivity index (χ1v) is 15.5. The van der Waals surface area contributed by atoms with Crippen molar-refractivity contribution in [3.63, 3.8) is 0 Å². The summed E-state index contributed by atoms with van der Waals surface area (Å²) in [4.78, 5) is 36.4. The first kappa shape index (κ1) is 34.1. The Bertz CT molecular complexity index is 1270. The maximum absolute atomic E-state index is 12.3. The molecule has 0 aromatic heterocycles. The van der Waals surface area contributed by atoms with Gasteiger partial charge in [0.25, 0.3) is 10.1 Å². The number of aliphatic hydroxyl groups is 3. The SMILES string of the molecule is CC(=O)N[C@@H]1[C@@H](O)[C@H](O[C@@H]2O[C@@H]3COC(c4ccccc4)O[C@H]3[C@H](O)[C@H]2NC(C)=O)[C@@H](CO)O[C@H]1NC(=O)COS(C)(=O)=O. The highest BCUT2D eigenvalue weighted by atomic mass is 32.2. The molecule has 6 N–H and O–H groups in total. The van der Waals surface area contributed by atoms with Crippen molar-refractivity contribution in [3.8, 4) is 0 Å². The number of aliphatic hydroxyl groups excluding tert-OH is 3. The molecule has 246 valence electrons. The van der Waals surface area contributed by atoms with Crippen LogP contribution < -0.4 is 16.0 Å². The summed E-state index contributed by atoms with van der Waals surface area (Å²) in [7, 11) is -3.95. The number of benzene rings is 1. The van der Waals surface area contributed by atoms with E-state index >= 15 is 0 Å². The van der Waals surface area contributed by atoms with Gasteiger partial charge in [0.05, 0.1) is 19.5 Å². The molecule has 4 rings (SSSR count). The highest BCUT2D eigenvalue weighted by Crippen LogP contribution is 2.36. The summed E-state index contributed by atoms with van der Waals surface area (Å²) >= 11 is 0. The predicted octanol–water partition coefficient (Wildman–Crippen LogP) is -3.25. The Hall–Kier alpha value is -2.78. The molecule has 0 radical (unpaired) electrons. The first-order valence-electron chi connectivity index (χ1n) is 13.7. The lowest BCUT2D eigenvalue weighted by atomic mass is 9.93. The zero-order valence-electron chi connectivity index (χ0n) is 24.1. The van der Waals surface area contributed by atoms with Gasteiger partial charge in [-0.15, -0.1) is 0 Å². The average Bonchev–Trinajstić information content (AvgIpc) is 2.96. The maximum Gasteiger partial charge on any atom is 0.264 e. The smallest absolute Gasteiger partial charge is 0.264 e. The van der Waals surface area contributed by atoms with E-state index in [4.69, 9.17) is 23.7 Å². The number of hydrogen-bond donors (Lipinski definition) is 6. The maximum atomic E-state index is 12.3. The molecule has 0 bridgehead atoms. The fourth-order valence-electron chi connectivity index (χ4n) is 5.18. The van der Waals surface area contributed by atoms with Crippen LogP contribution in [0.2, 0.25) is 0 Å². The summed E-state index contributed by atoms with van der Waals surface area (Å²) in [5.74, 6) is -2.12. The highest BCUT2D eigenvalue weighted by Gasteiger charge is 2.54. The van der Waals surface area contributed by atoms with E-state index in [0.29, 0.717) is 5.56 Å². The van der Waals surface area contributed by atoms with Crippen LogP contribution in [0.4, 0.5) is 0 Å². The van der Waals surface area contributed by atoms with Gasteiger partial charge in [-0.05, 0) is 0 Å². The van der Waals surface area contributed by atoms with Crippen molar-refractivity contribution in [2.24, 2.45) is 0 Å². The molecule has 3 saturated heterocycles. The second-order valence-electron chi connectivity index (χ2n) is 10.6. The van der Waals surface area contributed by atoms with Crippen molar-refractivity contribution in [1.29, 1.82) is 0 Å². The van der Waals surface area contributed by atoms with Crippen LogP contribution in [0.1, 0.15) is 25.7 Å². The molecule has 1 unspecified atom stereocenters. The van der Waals surface area contributed by atoms with Crippen LogP contribution in [0.15, 0.2) is 30.3 Å². The Morgan fingerprint density at radius 2 is 1.61 bits per heavy atom. The lowest BCUT2D eigenvalue weighted by Crippen LogP contribution is -2.71. The van der Waals surface area contributed by atoms with Gasteiger partial charge in [0.15, 0.2) is 18.8 Å². The van der Waals surface area contributed by atoms with E-state index in [1.165, 1.54) is 6.92 Å². The molecule has 1 aromatic carbocycles. The van der Waals surface area contributed by atoms with Crippen molar-refractivity contribution in [1.82, 2.24) is 16.0 Å². The summed E-state index contributed by atoms with van der Waals surface area (Å²) in [6, 6.07) is 6.42. The second kappa shape index (κ2) is 14.5. The molecular weight excluding hydrogens is 610 g/mol. The molecule has 0 aliphatic carbocycles. The molecule has 11 atom stereocenters. The quantitative estimate of drug-likeness (QED) is 0.137. The van der Waals surface area contributed by atoms with Crippen LogP contribution >= 0.6 is 0 Å². The molecular formula is C26H37N3O14S. The van der Waals surface area contributed by atoms with Crippen molar-refractivity contribution >= 4 is 27.8 Å². The number of fused-ring (bicyclic) bond motifs is 1. The Morgan fingerprint density at radius 1 is 0.955 bits per heavy atom. The summed E-state index contributed by atoms with van der Waals surface area (Å²) < 4.78 is 56.6. The minimum Gasteiger partial charge on any atom is -0.394 e. The van der Waals surface area contributed by atoms with Crippen LogP contribution in [0.5, 0.6) is 0 Å². The lowest BCUT2D eigenvalue weighted by molar-refractivity contribution is -0.360. The van der Waals surface area contributed by atoms with E-state index in [2.05, 4.69) is 20.1 Å². The van der Waals surface area contributed by atoms with Crippen molar-refractivity contribution in [3.05, 3.63) is 35.9 Å². The van der Waals surface area contributed by atoms with Crippen LogP contribution in [-0.4, -0.2) is 129 Å². The molecule has 1 aromatic rings. The van der Waals surface area contributed by atoms with Crippen LogP contribution in [0, 0.1) is 0 Å². The molecule has 0 saturated carbocycles. The summed E-state index contributed by atoms with van der Waals surface area (Å²) in [5, 5.41) is 40.1. The van der Waals surface area contributed by atoms with Gasteiger partial charge in [-0.3, -0.25) is 18.6 Å². The van der Waals surface area contributed by atoms with E-state index in [9.17, 15) is 38.1 Å². The number of amides is 3. The number of rotatable bonds is 10. The summed E-state index contributed by atoms with van der Waals surface area (Å²) in [6.07, 6.45) is -10.6. The minimum absolute atomic E-state index is 0.0285. The van der Waals surface area contributed by atoms with Crippen molar-refractivity contribution in [2.45, 2.75) is 81.4 Å². The molecule has 3 aliphatic heterocycles. The van der Waals surface area contributed by atoms with Gasteiger partial charge >= 0.3 is 0 Å². The van der Waals surface area contributed by atoms with Gasteiger partial charge in [0, 0.05) is 19.4 Å². The Labute approximate surface area is 253 Å². The van der Waals surface area contributed by atoms with E-state index in [1.54, 1.807) is 24.3 Å². The first-order chi connectivity index (χ1) is 20.8. The van der Waals surface area contributed by atoms with E-state index in [1.807, 2.05) is 6.07 Å². The van der Waals surface area contributed by atoms with Crippen LogP contribution in [0.3, 0.4) is 0 Å². The summed E-state index contributed by atoms with van der Waals surface area (Å²) in [5.41, 5.74) is 0.703. The number of ether oxygens (including phenoxy) is 5. The minimum atomic E-state index is -3.95. The molecule has 17 nitrogen and oxygen atoms in total. The van der Waals surface area contributed by atoms with E-state index in [-0.39, 0.29) is 6.61 Å². The highest BCUT2D eigenvalue weighted by molar-refractivity contribution is 7.86. The van der Waals surface area contributed by atoms with Crippen LogP contribution in [0.25, 0.3) is 0 Å². The molecule has 3 aliphatic rings. The average molecular weight is 648 g/mol. The lowest BCUT2D eigenvalue weighted by Gasteiger charge is -2.50. The largest absolute Gasteiger partial charge is 0.394 e. The normalized spacial score (nSPS) is 35.6. The number of hydrogen-bond acceptors (Lipinski definition) is 14. The van der Waals surface area contributed by atoms with Gasteiger partial charge in [-0.1, -0.05) is 30.3 Å². The number of carbonyl (C=O) groups excluding carboxylic acids is 3. The summed E-state index contributed by atoms with van der Waals surface area (Å²) in [6.45, 7) is 0.675. The zero-order chi connectivity index (χ0) is 32.2. The van der Waals surface area contributed by atoms with Crippen molar-refractivity contribution < 1.29 is 66.0 Å². The molecule has 0 spiro atoms. The Morgan fingerprint density at radius 3 is 2.23 bits per heavy atom. The predicted molar refractivity (Wildman–Crippen MR) is 145 cm³/mol. The van der Waals surface area contributed by atoms with Gasteiger partial charge < -0.3 is 55.0 Å². The Balaban J connectivity index is 1.52. The topological polar surface area (TPSA) is 238 Å². The third-order valence-corrected chi connectivity index (χ3v) is 7.62. The van der Waals surface area contributed by atoms with Gasteiger partial charge in [0.2, 0.25) is 17.7 Å². The molecule has 3 fully saturated rings. The van der Waals surface area contributed by atoms with Gasteiger partial charge in [-0.2, -0.15) is 8.42 Å². The standard InChI is InChI=1S/C26H37N3O14S/c1-12(31)27-18-20(34)22(15(9-30)40-24(18)29-17(33)11-39-44(3,36)37)43-26-19(28-13(2)32)21(35)23-16(41-26)10-38-25(42-23)14-7-5-4-6-8-14/h4-8,15-16,18-26,30,34-35H,9-11H2,1-3H3,(H,27,31)(H,28,32)(H,29,33)/t15-,16-,18-,19-,20-,21-,22-,23-,24-,25?,26+/m1/s1. The van der Waals surface area contributed by atoms with Crippen LogP contribution in [-0.2, 0) is 52.4 Å². The van der Waals surface area contributed by atoms with E-state index < -0.39 is 109 Å². The van der Waals surface area contributed by atoms with E-state index in [0.717, 1.165) is 13.2 Å². The number of nitrogens with one attached hydrogen (secondary N) is 3. The van der Waals surface area contributed by atoms with Gasteiger partial charge in [0.1, 0.15) is 55.3 Å². The third kappa shape index (κ3) is 8.47. The molecule has 18 heteroatoms. The second-order valence-corrected chi connectivity index (χ2v) is 12.2.